The summed E-state index contributed by atoms with van der Waals surface area (Å²) in [6.07, 6.45) is -3.85. The van der Waals surface area contributed by atoms with Gasteiger partial charge in [-0.15, -0.1) is 0 Å². The van der Waals surface area contributed by atoms with Gasteiger partial charge in [-0.2, -0.15) is 13.2 Å². The minimum Gasteiger partial charge on any atom is -0.480 e. The molecule has 114 valence electrons. The highest BCUT2D eigenvalue weighted by Crippen LogP contribution is 2.16. The Morgan fingerprint density at radius 2 is 2.10 bits per heavy atom. The van der Waals surface area contributed by atoms with Crippen LogP contribution in [0, 0.1) is 0 Å². The molecular formula is C10H14F3N3O4. The summed E-state index contributed by atoms with van der Waals surface area (Å²) in [5.74, 6) is -2.07. The second-order valence-corrected chi connectivity index (χ2v) is 4.30. The number of aliphatic carboxylic acids is 1. The van der Waals surface area contributed by atoms with E-state index >= 15 is 0 Å². The van der Waals surface area contributed by atoms with E-state index < -0.39 is 43.2 Å². The molecule has 1 heterocycles. The summed E-state index contributed by atoms with van der Waals surface area (Å²) in [5, 5.41) is 13.1. The zero-order valence-corrected chi connectivity index (χ0v) is 10.4. The van der Waals surface area contributed by atoms with Crippen molar-refractivity contribution in [1.82, 2.24) is 15.5 Å². The molecule has 1 saturated heterocycles. The van der Waals surface area contributed by atoms with Crippen LogP contribution in [0.25, 0.3) is 0 Å². The summed E-state index contributed by atoms with van der Waals surface area (Å²) >= 11 is 0. The molecule has 0 saturated carbocycles. The molecule has 0 aromatic heterocycles. The molecule has 1 atom stereocenters. The zero-order valence-electron chi connectivity index (χ0n) is 10.4. The molecule has 7 nitrogen and oxygen atoms in total. The van der Waals surface area contributed by atoms with Crippen LogP contribution in [0.5, 0.6) is 0 Å². The number of alkyl halides is 3. The summed E-state index contributed by atoms with van der Waals surface area (Å²) in [4.78, 5) is 33.6. The van der Waals surface area contributed by atoms with Crippen LogP contribution in [0.15, 0.2) is 0 Å². The predicted molar refractivity (Wildman–Crippen MR) is 59.8 cm³/mol. The minimum atomic E-state index is -4.72. The highest BCUT2D eigenvalue weighted by Gasteiger charge is 2.35. The standard InChI is InChI=1S/C10H14F3N3O4/c11-10(12,13)5-16(4-7(17)18)9(20)15-6-2-1-3-14-8(6)19/h6H,1-5H2,(H,14,19)(H,15,20)(H,17,18). The lowest BCUT2D eigenvalue weighted by atomic mass is 10.1. The lowest BCUT2D eigenvalue weighted by molar-refractivity contribution is -0.149. The maximum Gasteiger partial charge on any atom is 0.406 e. The first kappa shape index (κ1) is 16.1. The molecule has 0 aromatic carbocycles. The number of carboxylic acids is 1. The summed E-state index contributed by atoms with van der Waals surface area (Å²) < 4.78 is 36.8. The minimum absolute atomic E-state index is 0.101. The Labute approximate surface area is 112 Å². The van der Waals surface area contributed by atoms with Crippen molar-refractivity contribution >= 4 is 17.9 Å². The van der Waals surface area contributed by atoms with Crippen molar-refractivity contribution in [3.8, 4) is 0 Å². The SMILES string of the molecule is O=C(O)CN(CC(F)(F)F)C(=O)NC1CCCNC1=O. The summed E-state index contributed by atoms with van der Waals surface area (Å²) in [7, 11) is 0. The van der Waals surface area contributed by atoms with Gasteiger partial charge in [-0.3, -0.25) is 9.59 Å². The molecule has 0 aliphatic carbocycles. The van der Waals surface area contributed by atoms with Gasteiger partial charge in [-0.1, -0.05) is 0 Å². The number of nitrogens with one attached hydrogen (secondary N) is 2. The molecule has 20 heavy (non-hydrogen) atoms. The molecule has 1 aliphatic rings. The zero-order chi connectivity index (χ0) is 15.3. The summed E-state index contributed by atoms with van der Waals surface area (Å²) in [6.45, 7) is -2.36. The highest BCUT2D eigenvalue weighted by molar-refractivity contribution is 5.88. The van der Waals surface area contributed by atoms with Crippen molar-refractivity contribution < 1.29 is 32.7 Å². The Balaban J connectivity index is 2.66. The van der Waals surface area contributed by atoms with Crippen molar-refractivity contribution in [2.45, 2.75) is 25.1 Å². The number of nitrogens with zero attached hydrogens (tertiary/aromatic N) is 1. The van der Waals surface area contributed by atoms with Gasteiger partial charge in [0.25, 0.3) is 0 Å². The first-order chi connectivity index (χ1) is 9.19. The van der Waals surface area contributed by atoms with Gasteiger partial charge < -0.3 is 20.6 Å². The van der Waals surface area contributed by atoms with Gasteiger partial charge in [0.15, 0.2) is 0 Å². The van der Waals surface area contributed by atoms with Crippen LogP contribution in [0.2, 0.25) is 0 Å². The smallest absolute Gasteiger partial charge is 0.406 e. The van der Waals surface area contributed by atoms with E-state index in [9.17, 15) is 27.6 Å². The summed E-state index contributed by atoms with van der Waals surface area (Å²) in [5.41, 5.74) is 0. The van der Waals surface area contributed by atoms with Gasteiger partial charge in [0.1, 0.15) is 19.1 Å². The van der Waals surface area contributed by atoms with Gasteiger partial charge in [0.05, 0.1) is 0 Å². The van der Waals surface area contributed by atoms with Crippen LogP contribution in [0.4, 0.5) is 18.0 Å². The fourth-order valence-corrected chi connectivity index (χ4v) is 1.73. The van der Waals surface area contributed by atoms with Crippen LogP contribution in [-0.2, 0) is 9.59 Å². The quantitative estimate of drug-likeness (QED) is 0.676. The molecule has 1 fully saturated rings. The van der Waals surface area contributed by atoms with E-state index in [2.05, 4.69) is 10.6 Å². The highest BCUT2D eigenvalue weighted by atomic mass is 19.4. The Kier molecular flexibility index (Phi) is 5.17. The number of hydrogen-bond acceptors (Lipinski definition) is 3. The molecular weight excluding hydrogens is 283 g/mol. The van der Waals surface area contributed by atoms with Crippen LogP contribution in [0.1, 0.15) is 12.8 Å². The van der Waals surface area contributed by atoms with E-state index in [1.807, 2.05) is 0 Å². The van der Waals surface area contributed by atoms with Crippen molar-refractivity contribution in [1.29, 1.82) is 0 Å². The average molecular weight is 297 g/mol. The molecule has 0 radical (unpaired) electrons. The Morgan fingerprint density at radius 1 is 1.45 bits per heavy atom. The van der Waals surface area contributed by atoms with Crippen molar-refractivity contribution in [2.24, 2.45) is 0 Å². The number of piperidine rings is 1. The molecule has 10 heteroatoms. The number of carbonyl (C=O) groups excluding carboxylic acids is 2. The van der Waals surface area contributed by atoms with E-state index in [4.69, 9.17) is 5.11 Å². The van der Waals surface area contributed by atoms with Crippen LogP contribution in [-0.4, -0.2) is 59.8 Å². The molecule has 0 spiro atoms. The number of carbonyl (C=O) groups is 3. The van der Waals surface area contributed by atoms with E-state index in [0.29, 0.717) is 19.4 Å². The van der Waals surface area contributed by atoms with Crippen LogP contribution >= 0.6 is 0 Å². The van der Waals surface area contributed by atoms with Gasteiger partial charge >= 0.3 is 18.2 Å². The monoisotopic (exact) mass is 297 g/mol. The Hall–Kier alpha value is -2.00. The second kappa shape index (κ2) is 6.44. The van der Waals surface area contributed by atoms with Gasteiger partial charge in [0, 0.05) is 6.54 Å². The molecule has 1 rings (SSSR count). The Bertz CT molecular complexity index is 400. The third-order valence-corrected chi connectivity index (χ3v) is 2.57. The number of amides is 3. The van der Waals surface area contributed by atoms with Crippen molar-refractivity contribution in [3.05, 3.63) is 0 Å². The average Bonchev–Trinajstić information content (AvgIpc) is 2.28. The number of hydrogen-bond donors (Lipinski definition) is 3. The largest absolute Gasteiger partial charge is 0.480 e. The molecule has 0 aromatic rings. The third-order valence-electron chi connectivity index (χ3n) is 2.57. The fraction of sp³-hybridized carbons (Fsp3) is 0.700. The normalized spacial score (nSPS) is 19.1. The van der Waals surface area contributed by atoms with E-state index in [-0.39, 0.29) is 4.90 Å². The maximum atomic E-state index is 12.3. The Morgan fingerprint density at radius 3 is 2.60 bits per heavy atom. The number of carboxylic acid groups (broad SMARTS) is 1. The van der Waals surface area contributed by atoms with Gasteiger partial charge in [-0.05, 0) is 12.8 Å². The van der Waals surface area contributed by atoms with Crippen molar-refractivity contribution in [2.75, 3.05) is 19.6 Å². The molecule has 0 bridgehead atoms. The van der Waals surface area contributed by atoms with Gasteiger partial charge in [-0.25, -0.2) is 4.79 Å². The molecule has 3 N–H and O–H groups in total. The molecule has 1 unspecified atom stereocenters. The molecule has 1 aliphatic heterocycles. The number of rotatable bonds is 4. The fourth-order valence-electron chi connectivity index (χ4n) is 1.73. The van der Waals surface area contributed by atoms with Gasteiger partial charge in [0.2, 0.25) is 5.91 Å². The van der Waals surface area contributed by atoms with E-state index in [1.54, 1.807) is 0 Å². The third kappa shape index (κ3) is 5.33. The number of urea groups is 1. The second-order valence-electron chi connectivity index (χ2n) is 4.30. The van der Waals surface area contributed by atoms with Crippen LogP contribution < -0.4 is 10.6 Å². The lowest BCUT2D eigenvalue weighted by Gasteiger charge is -2.27. The van der Waals surface area contributed by atoms with E-state index in [1.165, 1.54) is 0 Å². The predicted octanol–water partition coefficient (Wildman–Crippen LogP) is -0.0765. The molecule has 3 amide bonds. The van der Waals surface area contributed by atoms with E-state index in [0.717, 1.165) is 0 Å². The summed E-state index contributed by atoms with van der Waals surface area (Å²) in [6, 6.07) is -2.17. The first-order valence-corrected chi connectivity index (χ1v) is 5.81. The maximum absolute atomic E-state index is 12.3. The number of halogens is 3. The van der Waals surface area contributed by atoms with Crippen molar-refractivity contribution in [3.63, 3.8) is 0 Å². The lowest BCUT2D eigenvalue weighted by Crippen LogP contribution is -2.55. The topological polar surface area (TPSA) is 98.7 Å². The van der Waals surface area contributed by atoms with Crippen LogP contribution in [0.3, 0.4) is 0 Å². The first-order valence-electron chi connectivity index (χ1n) is 5.81.